The molecule has 1 atom stereocenters. The molecule has 7 nitrogen and oxygen atoms in total. The van der Waals surface area contributed by atoms with Crippen LogP contribution in [0.2, 0.25) is 0 Å². The molecule has 1 fully saturated rings. The number of anilines is 2. The number of ether oxygens (including phenoxy) is 1. The third-order valence-electron chi connectivity index (χ3n) is 4.44. The summed E-state index contributed by atoms with van der Waals surface area (Å²) in [6.07, 6.45) is 1.44. The zero-order valence-electron chi connectivity index (χ0n) is 15.5. The number of amides is 4. The number of hydrogen-bond donors (Lipinski definition) is 1. The molecule has 1 aliphatic heterocycles. The van der Waals surface area contributed by atoms with Gasteiger partial charge in [-0.2, -0.15) is 0 Å². The molecule has 0 aliphatic carbocycles. The number of benzene rings is 2. The summed E-state index contributed by atoms with van der Waals surface area (Å²) in [7, 11) is 1.54. The topological polar surface area (TPSA) is 79.0 Å². The Bertz CT molecular complexity index is 880. The lowest BCUT2D eigenvalue weighted by molar-refractivity contribution is -0.122. The first-order valence-corrected chi connectivity index (χ1v) is 8.79. The molecule has 2 aromatic rings. The molecule has 0 saturated carbocycles. The van der Waals surface area contributed by atoms with E-state index in [1.165, 1.54) is 18.1 Å². The van der Waals surface area contributed by atoms with Crippen molar-refractivity contribution in [1.29, 1.82) is 0 Å². The monoisotopic (exact) mass is 379 g/mol. The Hall–Kier alpha value is -3.61. The van der Waals surface area contributed by atoms with Gasteiger partial charge in [-0.1, -0.05) is 24.3 Å². The van der Waals surface area contributed by atoms with Crippen LogP contribution in [0.5, 0.6) is 5.75 Å². The molecule has 0 bridgehead atoms. The molecule has 2 aromatic carbocycles. The molecular formula is C21H21N3O4. The molecular weight excluding hydrogens is 358 g/mol. The maximum atomic E-state index is 13.0. The Kier molecular flexibility index (Phi) is 5.74. The van der Waals surface area contributed by atoms with Gasteiger partial charge in [0.2, 0.25) is 5.91 Å². The minimum absolute atomic E-state index is 0.0824. The molecule has 3 rings (SSSR count). The third kappa shape index (κ3) is 3.88. The van der Waals surface area contributed by atoms with Gasteiger partial charge in [0, 0.05) is 12.2 Å². The average molecular weight is 379 g/mol. The van der Waals surface area contributed by atoms with Crippen molar-refractivity contribution in [3.63, 3.8) is 0 Å². The standard InChI is InChI=1S/C21H21N3O4/c1-3-13-23(21(27)22-15-7-5-4-6-8-15)18-14-19(25)24(20(18)26)16-9-11-17(28-2)12-10-16/h3-12,18H,1,13-14H2,2H3,(H,22,27)/t18-/m1/s1. The van der Waals surface area contributed by atoms with Crippen molar-refractivity contribution in [3.8, 4) is 5.75 Å². The summed E-state index contributed by atoms with van der Waals surface area (Å²) in [4.78, 5) is 40.7. The van der Waals surface area contributed by atoms with E-state index in [1.807, 2.05) is 6.07 Å². The number of rotatable bonds is 6. The molecule has 0 unspecified atom stereocenters. The number of hydrogen-bond acceptors (Lipinski definition) is 4. The van der Waals surface area contributed by atoms with E-state index in [9.17, 15) is 14.4 Å². The number of carbonyl (C=O) groups is 3. The molecule has 0 spiro atoms. The van der Waals surface area contributed by atoms with E-state index in [4.69, 9.17) is 4.74 Å². The number of methoxy groups -OCH3 is 1. The quantitative estimate of drug-likeness (QED) is 0.618. The fraction of sp³-hybridized carbons (Fsp3) is 0.190. The summed E-state index contributed by atoms with van der Waals surface area (Å²) in [5.74, 6) is -0.183. The third-order valence-corrected chi connectivity index (χ3v) is 4.44. The molecule has 144 valence electrons. The number of nitrogens with one attached hydrogen (secondary N) is 1. The second-order valence-electron chi connectivity index (χ2n) is 6.22. The van der Waals surface area contributed by atoms with Crippen LogP contribution >= 0.6 is 0 Å². The van der Waals surface area contributed by atoms with Crippen LogP contribution in [0.4, 0.5) is 16.2 Å². The SMILES string of the molecule is C=CCN(C(=O)Nc1ccccc1)[C@@H]1CC(=O)N(c2ccc(OC)cc2)C1=O. The summed E-state index contributed by atoms with van der Waals surface area (Å²) in [6.45, 7) is 3.79. The van der Waals surface area contributed by atoms with Gasteiger partial charge in [0.05, 0.1) is 19.2 Å². The van der Waals surface area contributed by atoms with Gasteiger partial charge in [-0.15, -0.1) is 6.58 Å². The van der Waals surface area contributed by atoms with E-state index in [0.29, 0.717) is 17.1 Å². The highest BCUT2D eigenvalue weighted by Gasteiger charge is 2.44. The fourth-order valence-electron chi connectivity index (χ4n) is 3.07. The van der Waals surface area contributed by atoms with Gasteiger partial charge < -0.3 is 15.0 Å². The van der Waals surface area contributed by atoms with Gasteiger partial charge in [0.1, 0.15) is 11.8 Å². The van der Waals surface area contributed by atoms with Gasteiger partial charge in [0.15, 0.2) is 0 Å². The number of para-hydroxylation sites is 1. The van der Waals surface area contributed by atoms with E-state index in [2.05, 4.69) is 11.9 Å². The van der Waals surface area contributed by atoms with Gasteiger partial charge in [-0.05, 0) is 36.4 Å². The van der Waals surface area contributed by atoms with Crippen LogP contribution in [0.15, 0.2) is 67.3 Å². The van der Waals surface area contributed by atoms with Crippen LogP contribution < -0.4 is 15.0 Å². The summed E-state index contributed by atoms with van der Waals surface area (Å²) < 4.78 is 5.10. The van der Waals surface area contributed by atoms with Crippen LogP contribution in [0.1, 0.15) is 6.42 Å². The van der Waals surface area contributed by atoms with E-state index in [1.54, 1.807) is 48.5 Å². The van der Waals surface area contributed by atoms with E-state index < -0.39 is 18.0 Å². The largest absolute Gasteiger partial charge is 0.497 e. The summed E-state index contributed by atoms with van der Waals surface area (Å²) in [5.41, 5.74) is 1.05. The average Bonchev–Trinajstić information content (AvgIpc) is 3.00. The van der Waals surface area contributed by atoms with E-state index in [-0.39, 0.29) is 18.9 Å². The first kappa shape index (κ1) is 19.2. The molecule has 1 aliphatic rings. The molecule has 7 heteroatoms. The molecule has 4 amide bonds. The maximum Gasteiger partial charge on any atom is 0.322 e. The first-order chi connectivity index (χ1) is 13.5. The van der Waals surface area contributed by atoms with Gasteiger partial charge in [0.25, 0.3) is 5.91 Å². The van der Waals surface area contributed by atoms with Crippen molar-refractivity contribution >= 4 is 29.2 Å². The maximum absolute atomic E-state index is 13.0. The van der Waals surface area contributed by atoms with E-state index >= 15 is 0 Å². The second kappa shape index (κ2) is 8.39. The van der Waals surface area contributed by atoms with E-state index in [0.717, 1.165) is 4.90 Å². The second-order valence-corrected chi connectivity index (χ2v) is 6.22. The minimum Gasteiger partial charge on any atom is -0.497 e. The zero-order valence-corrected chi connectivity index (χ0v) is 15.5. The van der Waals surface area contributed by atoms with Crippen molar-refractivity contribution < 1.29 is 19.1 Å². The summed E-state index contributed by atoms with van der Waals surface area (Å²) in [5, 5.41) is 2.75. The van der Waals surface area contributed by atoms with Crippen molar-refractivity contribution in [2.24, 2.45) is 0 Å². The highest BCUT2D eigenvalue weighted by atomic mass is 16.5. The zero-order chi connectivity index (χ0) is 20.1. The smallest absolute Gasteiger partial charge is 0.322 e. The van der Waals surface area contributed by atoms with Crippen molar-refractivity contribution in [3.05, 3.63) is 67.3 Å². The van der Waals surface area contributed by atoms with Crippen LogP contribution in [0.3, 0.4) is 0 Å². The van der Waals surface area contributed by atoms with Gasteiger partial charge in [-0.3, -0.25) is 9.59 Å². The molecule has 28 heavy (non-hydrogen) atoms. The lowest BCUT2D eigenvalue weighted by Crippen LogP contribution is -2.47. The van der Waals surface area contributed by atoms with Gasteiger partial charge in [-0.25, -0.2) is 9.69 Å². The lowest BCUT2D eigenvalue weighted by Gasteiger charge is -2.26. The Morgan fingerprint density at radius 1 is 1.21 bits per heavy atom. The molecule has 0 radical (unpaired) electrons. The highest BCUT2D eigenvalue weighted by Crippen LogP contribution is 2.27. The first-order valence-electron chi connectivity index (χ1n) is 8.79. The molecule has 0 aromatic heterocycles. The number of urea groups is 1. The normalized spacial score (nSPS) is 16.0. The molecule has 1 saturated heterocycles. The summed E-state index contributed by atoms with van der Waals surface area (Å²) in [6, 6.07) is 14.2. The lowest BCUT2D eigenvalue weighted by atomic mass is 10.2. The van der Waals surface area contributed by atoms with Crippen LogP contribution in [-0.4, -0.2) is 42.4 Å². The Morgan fingerprint density at radius 3 is 2.50 bits per heavy atom. The van der Waals surface area contributed by atoms with Crippen LogP contribution in [-0.2, 0) is 9.59 Å². The Balaban J connectivity index is 1.81. The Morgan fingerprint density at radius 2 is 1.89 bits per heavy atom. The molecule has 1 N–H and O–H groups in total. The Labute approximate surface area is 163 Å². The molecule has 1 heterocycles. The van der Waals surface area contributed by atoms with Gasteiger partial charge >= 0.3 is 6.03 Å². The minimum atomic E-state index is -0.892. The van der Waals surface area contributed by atoms with Crippen molar-refractivity contribution in [2.75, 3.05) is 23.9 Å². The van der Waals surface area contributed by atoms with Crippen LogP contribution in [0, 0.1) is 0 Å². The number of nitrogens with zero attached hydrogens (tertiary/aromatic N) is 2. The predicted octanol–water partition coefficient (Wildman–Crippen LogP) is 3.05. The number of carbonyl (C=O) groups excluding carboxylic acids is 3. The fourth-order valence-corrected chi connectivity index (χ4v) is 3.07. The van der Waals surface area contributed by atoms with Crippen molar-refractivity contribution in [1.82, 2.24) is 4.90 Å². The van der Waals surface area contributed by atoms with Crippen LogP contribution in [0.25, 0.3) is 0 Å². The highest BCUT2D eigenvalue weighted by molar-refractivity contribution is 6.23. The predicted molar refractivity (Wildman–Crippen MR) is 106 cm³/mol. The number of imide groups is 1. The van der Waals surface area contributed by atoms with Crippen molar-refractivity contribution in [2.45, 2.75) is 12.5 Å². The summed E-state index contributed by atoms with van der Waals surface area (Å²) >= 11 is 0.